The van der Waals surface area contributed by atoms with Crippen molar-refractivity contribution in [2.75, 3.05) is 31.6 Å². The molecule has 17 heteroatoms. The lowest BCUT2D eigenvalue weighted by Crippen LogP contribution is -2.39. The number of ether oxygens (including phenoxy) is 1. The topological polar surface area (TPSA) is 157 Å². The third kappa shape index (κ3) is 5.55. The van der Waals surface area contributed by atoms with Crippen molar-refractivity contribution >= 4 is 40.5 Å². The van der Waals surface area contributed by atoms with E-state index in [-0.39, 0.29) is 51.9 Å². The Morgan fingerprint density at radius 1 is 1.20 bits per heavy atom. The number of likely N-dealkylation sites (tertiary alicyclic amines) is 1. The summed E-state index contributed by atoms with van der Waals surface area (Å²) in [6, 6.07) is 2.70. The van der Waals surface area contributed by atoms with E-state index in [4.69, 9.17) is 21.3 Å². The van der Waals surface area contributed by atoms with Crippen LogP contribution in [0.5, 0.6) is 5.75 Å². The first-order valence-electron chi connectivity index (χ1n) is 16.6. The maximum Gasteiger partial charge on any atom is 0.416 e. The number of hydrogen-bond donors (Lipinski definition) is 2. The van der Waals surface area contributed by atoms with Crippen LogP contribution in [0.3, 0.4) is 0 Å². The molecular formula is C34H32ClF3N8O5. The van der Waals surface area contributed by atoms with Gasteiger partial charge in [-0.25, -0.2) is 9.97 Å². The molecule has 2 aliphatic heterocycles. The highest BCUT2D eigenvalue weighted by atomic mass is 35.5. The first-order valence-corrected chi connectivity index (χ1v) is 17.0. The van der Waals surface area contributed by atoms with Crippen molar-refractivity contribution in [1.82, 2.24) is 34.0 Å². The highest BCUT2D eigenvalue weighted by molar-refractivity contribution is 6.33. The van der Waals surface area contributed by atoms with Crippen LogP contribution < -0.4 is 10.9 Å². The van der Waals surface area contributed by atoms with Gasteiger partial charge in [-0.3, -0.25) is 14.4 Å². The van der Waals surface area contributed by atoms with E-state index in [2.05, 4.69) is 20.4 Å². The molecule has 1 spiro atoms. The van der Waals surface area contributed by atoms with Gasteiger partial charge in [0.25, 0.3) is 11.5 Å². The molecule has 1 aromatic carbocycles. The first-order chi connectivity index (χ1) is 24.4. The minimum atomic E-state index is -4.60. The SMILES string of the molecule is Cc1ncnc(C(=O)N2CCCC3(CC2)c2c(n(CC(=O)Nc4ccc(C(F)(F)F)cc4Cl)c4nc(C5=CCOCC5)nn4c2=O)C2CC23)c1O. The highest BCUT2D eigenvalue weighted by Crippen LogP contribution is 2.67. The van der Waals surface area contributed by atoms with Crippen LogP contribution in [0.2, 0.25) is 5.02 Å². The van der Waals surface area contributed by atoms with Gasteiger partial charge in [-0.05, 0) is 68.7 Å². The number of halogens is 4. The molecule has 3 atom stereocenters. The molecule has 0 bridgehead atoms. The molecular weight excluding hydrogens is 693 g/mol. The van der Waals surface area contributed by atoms with Crippen LogP contribution >= 0.6 is 11.6 Å². The van der Waals surface area contributed by atoms with E-state index >= 15 is 0 Å². The van der Waals surface area contributed by atoms with E-state index in [1.54, 1.807) is 16.4 Å². The average molecular weight is 725 g/mol. The van der Waals surface area contributed by atoms with E-state index in [1.807, 2.05) is 6.08 Å². The number of hydrogen-bond acceptors (Lipinski definition) is 9. The predicted octanol–water partition coefficient (Wildman–Crippen LogP) is 4.49. The van der Waals surface area contributed by atoms with E-state index in [9.17, 15) is 32.7 Å². The van der Waals surface area contributed by atoms with Gasteiger partial charge >= 0.3 is 6.18 Å². The molecule has 0 radical (unpaired) electrons. The Balaban J connectivity index is 1.18. The predicted molar refractivity (Wildman–Crippen MR) is 176 cm³/mol. The molecule has 4 aliphatic rings. The van der Waals surface area contributed by atoms with Crippen LogP contribution in [-0.4, -0.2) is 77.3 Å². The number of nitrogens with zero attached hydrogens (tertiary/aromatic N) is 7. The normalized spacial score (nSPS) is 22.8. The second kappa shape index (κ2) is 12.1. The maximum atomic E-state index is 14.5. The van der Waals surface area contributed by atoms with Crippen LogP contribution in [0.25, 0.3) is 11.4 Å². The zero-order chi connectivity index (χ0) is 35.8. The molecule has 1 saturated heterocycles. The number of aryl methyl sites for hydroxylation is 1. The lowest BCUT2D eigenvalue weighted by Gasteiger charge is -2.31. The number of carbonyl (C=O) groups is 2. The third-order valence-electron chi connectivity index (χ3n) is 10.6. The highest BCUT2D eigenvalue weighted by Gasteiger charge is 2.63. The summed E-state index contributed by atoms with van der Waals surface area (Å²) in [6.45, 7) is 2.82. The first kappa shape index (κ1) is 33.3. The summed E-state index contributed by atoms with van der Waals surface area (Å²) in [5, 5.41) is 17.5. The fourth-order valence-corrected chi connectivity index (χ4v) is 8.35. The zero-order valence-electron chi connectivity index (χ0n) is 27.3. The van der Waals surface area contributed by atoms with Crippen LogP contribution in [0.15, 0.2) is 35.4 Å². The Labute approximate surface area is 293 Å². The minimum Gasteiger partial charge on any atom is -0.504 e. The smallest absolute Gasteiger partial charge is 0.416 e. The van der Waals surface area contributed by atoms with Gasteiger partial charge in [0.1, 0.15) is 12.9 Å². The van der Waals surface area contributed by atoms with Gasteiger partial charge in [0.2, 0.25) is 11.7 Å². The Bertz CT molecular complexity index is 2220. The van der Waals surface area contributed by atoms with Crippen molar-refractivity contribution in [3.8, 4) is 5.75 Å². The molecule has 2 aliphatic carbocycles. The van der Waals surface area contributed by atoms with Crippen molar-refractivity contribution in [2.24, 2.45) is 5.92 Å². The third-order valence-corrected chi connectivity index (χ3v) is 10.9. The largest absolute Gasteiger partial charge is 0.504 e. The number of rotatable bonds is 5. The zero-order valence-corrected chi connectivity index (χ0v) is 28.1. The molecule has 13 nitrogen and oxygen atoms in total. The minimum absolute atomic E-state index is 0.0112. The molecule has 5 heterocycles. The van der Waals surface area contributed by atoms with E-state index in [1.165, 1.54) is 10.8 Å². The Kier molecular flexibility index (Phi) is 7.94. The van der Waals surface area contributed by atoms with Crippen molar-refractivity contribution < 1.29 is 32.6 Å². The van der Waals surface area contributed by atoms with Crippen LogP contribution in [-0.2, 0) is 27.7 Å². The molecule has 2 N–H and O–H groups in total. The Morgan fingerprint density at radius 3 is 2.76 bits per heavy atom. The van der Waals surface area contributed by atoms with E-state index in [0.29, 0.717) is 74.8 Å². The van der Waals surface area contributed by atoms with Crippen LogP contribution in [0, 0.1) is 12.8 Å². The fraction of sp³-hybridized carbons (Fsp3) is 0.441. The molecule has 1 saturated carbocycles. The van der Waals surface area contributed by atoms with Gasteiger partial charge in [-0.15, -0.1) is 5.10 Å². The van der Waals surface area contributed by atoms with Crippen LogP contribution in [0.4, 0.5) is 18.9 Å². The molecule has 3 unspecified atom stereocenters. The maximum absolute atomic E-state index is 14.5. The number of anilines is 1. The fourth-order valence-electron chi connectivity index (χ4n) is 8.12. The summed E-state index contributed by atoms with van der Waals surface area (Å²) in [7, 11) is 0. The summed E-state index contributed by atoms with van der Waals surface area (Å²) in [4.78, 5) is 56.1. The molecule has 2 amide bonds. The Morgan fingerprint density at radius 2 is 2.02 bits per heavy atom. The van der Waals surface area contributed by atoms with Gasteiger partial charge in [0, 0.05) is 35.7 Å². The summed E-state index contributed by atoms with van der Waals surface area (Å²) in [6.07, 6.45) is 1.46. The molecule has 3 aromatic heterocycles. The van der Waals surface area contributed by atoms with E-state index in [0.717, 1.165) is 30.2 Å². The van der Waals surface area contributed by atoms with Crippen LogP contribution in [0.1, 0.15) is 76.8 Å². The summed E-state index contributed by atoms with van der Waals surface area (Å²) < 4.78 is 48.1. The molecule has 8 rings (SSSR count). The summed E-state index contributed by atoms with van der Waals surface area (Å²) >= 11 is 6.16. The van der Waals surface area contributed by atoms with Crippen molar-refractivity contribution in [1.29, 1.82) is 0 Å². The lowest BCUT2D eigenvalue weighted by atomic mass is 9.73. The van der Waals surface area contributed by atoms with Crippen molar-refractivity contribution in [2.45, 2.75) is 63.1 Å². The molecule has 2 fully saturated rings. The second-order valence-corrected chi connectivity index (χ2v) is 13.9. The number of benzene rings is 1. The number of fused-ring (bicyclic) bond motifs is 6. The number of aromatic hydroxyl groups is 1. The van der Waals surface area contributed by atoms with Crippen molar-refractivity contribution in [3.05, 3.63) is 80.0 Å². The summed E-state index contributed by atoms with van der Waals surface area (Å²) in [5.41, 5.74) is 0.395. The van der Waals surface area contributed by atoms with Gasteiger partial charge < -0.3 is 24.6 Å². The molecule has 51 heavy (non-hydrogen) atoms. The van der Waals surface area contributed by atoms with Gasteiger partial charge in [-0.2, -0.15) is 22.7 Å². The average Bonchev–Trinajstić information content (AvgIpc) is 3.75. The number of carbonyl (C=O) groups excluding carboxylic acids is 2. The van der Waals surface area contributed by atoms with Gasteiger partial charge in [0.15, 0.2) is 17.3 Å². The van der Waals surface area contributed by atoms with E-state index < -0.39 is 29.0 Å². The monoisotopic (exact) mass is 724 g/mol. The van der Waals surface area contributed by atoms with Gasteiger partial charge in [-0.1, -0.05) is 17.7 Å². The molecule has 4 aromatic rings. The summed E-state index contributed by atoms with van der Waals surface area (Å²) in [5.74, 6) is -0.687. The number of nitrogens with one attached hydrogen (secondary N) is 1. The quantitative estimate of drug-likeness (QED) is 0.303. The van der Waals surface area contributed by atoms with Gasteiger partial charge in [0.05, 0.1) is 35.2 Å². The second-order valence-electron chi connectivity index (χ2n) is 13.5. The number of amides is 2. The van der Waals surface area contributed by atoms with Crippen molar-refractivity contribution in [3.63, 3.8) is 0 Å². The Hall–Kier alpha value is -4.83. The molecule has 266 valence electrons. The number of aromatic nitrogens is 6. The lowest BCUT2D eigenvalue weighted by molar-refractivity contribution is -0.137. The standard InChI is InChI=1S/C34H32ClF3N8O5/c1-17-28(48)26(40-16-39-17)31(50)44-9-2-7-33(8-10-44)21-14-20(21)27-25(33)30(49)46-32(42-29(43-46)18-5-11-51-12-6-18)45(27)15-24(47)41-23-4-3-19(13-22(23)35)34(36,37)38/h3-5,13,16,20-21,48H,2,6-12,14-15H2,1H3,(H,41,47). The number of alkyl halides is 3.